The first-order valence-corrected chi connectivity index (χ1v) is 23.8. The van der Waals surface area contributed by atoms with E-state index in [1.165, 1.54) is 23.1 Å². The van der Waals surface area contributed by atoms with E-state index in [0.717, 1.165) is 36.3 Å². The van der Waals surface area contributed by atoms with Gasteiger partial charge < -0.3 is 30.0 Å². The van der Waals surface area contributed by atoms with Gasteiger partial charge in [0.2, 0.25) is 27.4 Å². The van der Waals surface area contributed by atoms with Crippen molar-refractivity contribution in [3.63, 3.8) is 0 Å². The monoisotopic (exact) mass is 936 g/mol. The van der Waals surface area contributed by atoms with Crippen molar-refractivity contribution in [3.05, 3.63) is 71.0 Å². The molecule has 4 aromatic rings. The van der Waals surface area contributed by atoms with Crippen LogP contribution in [0.4, 0.5) is 18.3 Å². The maximum atomic E-state index is 15.0. The van der Waals surface area contributed by atoms with Gasteiger partial charge in [0.15, 0.2) is 11.0 Å². The van der Waals surface area contributed by atoms with Crippen molar-refractivity contribution >= 4 is 67.3 Å². The van der Waals surface area contributed by atoms with Crippen LogP contribution in [0, 0.1) is 11.3 Å². The summed E-state index contributed by atoms with van der Waals surface area (Å²) in [6.07, 6.45) is 3.52. The Bertz CT molecular complexity index is 2740. The maximum Gasteiger partial charge on any atom is 0.416 e. The topological polar surface area (TPSA) is 215 Å². The number of fused-ring (bicyclic) bond motifs is 3. The standard InChI is InChI=1S/C44H47F3N8O8S2/c1-5-23-19-43(23,40(59)54-65(60,61)27-16-17-27)53-37(57)30-18-26(20-55(30)39(58)34(42(2,3)4)51-41-49-29(21-64-41)36(56)48-25-14-15-25)62-38-33-32(28-8-6-7-9-31(28)63-33)50-35(52-38)22-10-12-24(13-11-22)44(45,46)47/h5-6,8,10-13,21,23,25-27,30,34H,1,7,9,14-20H2,2-4H3,(H,48,56)(H,49,51)(H,53,57)(H,54,59)/t23-,26-,30+,34-,43-/m1/s1. The van der Waals surface area contributed by atoms with Gasteiger partial charge in [-0.15, -0.1) is 17.9 Å². The number of aryl methyl sites for hydroxylation is 1. The SMILES string of the molecule is C=C[C@@H]1C[C@]1(NC(=O)[C@@H]1C[C@@H](Oc2nc(-c3ccc(C(F)(F)F)cc3)nc3c4c(oc23)CCC=C4)CN1C(=O)[C@@H](Nc1nc(C(=O)NC2CC2)cs1)C(C)(C)C)C(=O)NS(=O)(=O)C1CC1. The minimum absolute atomic E-state index is 0.0490. The molecule has 3 saturated carbocycles. The largest absolute Gasteiger partial charge is 0.470 e. The number of hydrogen-bond acceptors (Lipinski definition) is 13. The molecule has 4 heterocycles. The van der Waals surface area contributed by atoms with Crippen LogP contribution in [0.1, 0.15) is 93.1 Å². The van der Waals surface area contributed by atoms with E-state index in [-0.39, 0.29) is 59.9 Å². The molecule has 1 aliphatic heterocycles. The fraction of sp³-hybridized carbons (Fsp3) is 0.477. The van der Waals surface area contributed by atoms with Crippen LogP contribution >= 0.6 is 11.3 Å². The lowest BCUT2D eigenvalue weighted by atomic mass is 9.85. The van der Waals surface area contributed by atoms with Crippen molar-refractivity contribution in [1.82, 2.24) is 35.2 Å². The van der Waals surface area contributed by atoms with E-state index in [9.17, 15) is 36.0 Å². The van der Waals surface area contributed by atoms with E-state index >= 15 is 4.79 Å². The summed E-state index contributed by atoms with van der Waals surface area (Å²) in [5.41, 5.74) is -1.66. The van der Waals surface area contributed by atoms with Crippen molar-refractivity contribution in [2.24, 2.45) is 11.3 Å². The summed E-state index contributed by atoms with van der Waals surface area (Å²) in [6, 6.07) is 2.18. The lowest BCUT2D eigenvalue weighted by Gasteiger charge is -2.35. The lowest BCUT2D eigenvalue weighted by molar-refractivity contribution is -0.141. The Hall–Kier alpha value is -5.83. The average Bonchev–Trinajstić information content (AvgIpc) is 4.22. The third-order valence-corrected chi connectivity index (χ3v) is 14.9. The zero-order valence-corrected chi connectivity index (χ0v) is 37.3. The molecule has 3 aromatic heterocycles. The number of anilines is 1. The number of thiazole rings is 1. The first kappa shape index (κ1) is 44.4. The highest BCUT2D eigenvalue weighted by Crippen LogP contribution is 2.46. The fourth-order valence-electron chi connectivity index (χ4n) is 8.23. The molecule has 0 radical (unpaired) electrons. The van der Waals surface area contributed by atoms with Gasteiger partial charge in [-0.2, -0.15) is 18.2 Å². The number of rotatable bonds is 14. The number of carbonyl (C=O) groups excluding carboxylic acids is 4. The zero-order chi connectivity index (χ0) is 46.2. The molecule has 9 rings (SSSR count). The van der Waals surface area contributed by atoms with Crippen molar-refractivity contribution in [2.45, 2.75) is 113 Å². The van der Waals surface area contributed by atoms with E-state index in [1.807, 2.05) is 32.9 Å². The molecule has 21 heteroatoms. The highest BCUT2D eigenvalue weighted by Gasteiger charge is 2.62. The number of amides is 4. The van der Waals surface area contributed by atoms with Crippen LogP contribution in [0.2, 0.25) is 0 Å². The number of aromatic nitrogens is 3. The van der Waals surface area contributed by atoms with Crippen LogP contribution in [0.25, 0.3) is 28.6 Å². The van der Waals surface area contributed by atoms with E-state index in [0.29, 0.717) is 47.7 Å². The number of nitrogens with zero attached hydrogens (tertiary/aromatic N) is 4. The highest BCUT2D eigenvalue weighted by atomic mass is 32.2. The van der Waals surface area contributed by atoms with E-state index in [2.05, 4.69) is 37.2 Å². The van der Waals surface area contributed by atoms with Gasteiger partial charge in [-0.1, -0.05) is 51.1 Å². The first-order valence-electron chi connectivity index (χ1n) is 21.4. The second-order valence-electron chi connectivity index (χ2n) is 18.4. The Kier molecular flexibility index (Phi) is 11.1. The second-order valence-corrected chi connectivity index (χ2v) is 21.2. The minimum Gasteiger partial charge on any atom is -0.470 e. The molecule has 5 aliphatic rings. The number of ether oxygens (including phenoxy) is 1. The number of benzene rings is 1. The molecule has 4 N–H and O–H groups in total. The van der Waals surface area contributed by atoms with E-state index < -0.39 is 79.8 Å². The van der Waals surface area contributed by atoms with E-state index in [4.69, 9.17) is 14.1 Å². The Morgan fingerprint density at radius 2 is 1.80 bits per heavy atom. The summed E-state index contributed by atoms with van der Waals surface area (Å²) in [5.74, 6) is -2.52. The molecule has 5 atom stereocenters. The van der Waals surface area contributed by atoms with Gasteiger partial charge in [-0.05, 0) is 56.1 Å². The van der Waals surface area contributed by atoms with Crippen molar-refractivity contribution in [3.8, 4) is 17.3 Å². The number of hydrogen-bond donors (Lipinski definition) is 4. The summed E-state index contributed by atoms with van der Waals surface area (Å²) in [4.78, 5) is 71.3. The van der Waals surface area contributed by atoms with Gasteiger partial charge in [0.05, 0.1) is 17.4 Å². The average molecular weight is 937 g/mol. The van der Waals surface area contributed by atoms with E-state index in [1.54, 1.807) is 5.38 Å². The van der Waals surface area contributed by atoms with Crippen molar-refractivity contribution in [1.29, 1.82) is 0 Å². The molecule has 1 saturated heterocycles. The maximum absolute atomic E-state index is 15.0. The Morgan fingerprint density at radius 3 is 2.45 bits per heavy atom. The van der Waals surface area contributed by atoms with Crippen LogP contribution < -0.4 is 25.4 Å². The van der Waals surface area contributed by atoms with Gasteiger partial charge in [0.25, 0.3) is 17.7 Å². The normalized spacial score (nSPS) is 23.4. The Labute approximate surface area is 375 Å². The van der Waals surface area contributed by atoms with Gasteiger partial charge in [0, 0.05) is 41.3 Å². The predicted molar refractivity (Wildman–Crippen MR) is 233 cm³/mol. The third-order valence-electron chi connectivity index (χ3n) is 12.3. The number of sulfonamides is 1. The van der Waals surface area contributed by atoms with Crippen LogP contribution in [-0.2, 0) is 37.0 Å². The molecule has 16 nitrogen and oxygen atoms in total. The molecule has 4 aliphatic carbocycles. The summed E-state index contributed by atoms with van der Waals surface area (Å²) in [5, 5.41) is 10.1. The van der Waals surface area contributed by atoms with Gasteiger partial charge >= 0.3 is 6.18 Å². The van der Waals surface area contributed by atoms with Gasteiger partial charge in [-0.3, -0.25) is 23.9 Å². The molecule has 0 bridgehead atoms. The number of nitrogens with one attached hydrogen (secondary N) is 4. The second kappa shape index (κ2) is 16.2. The fourth-order valence-corrected chi connectivity index (χ4v) is 10.3. The molecule has 0 spiro atoms. The van der Waals surface area contributed by atoms with Gasteiger partial charge in [-0.25, -0.2) is 18.4 Å². The smallest absolute Gasteiger partial charge is 0.416 e. The summed E-state index contributed by atoms with van der Waals surface area (Å²) >= 11 is 1.14. The summed E-state index contributed by atoms with van der Waals surface area (Å²) in [6.45, 7) is 9.07. The predicted octanol–water partition coefficient (Wildman–Crippen LogP) is 5.76. The molecule has 344 valence electrons. The zero-order valence-electron chi connectivity index (χ0n) is 35.7. The molecular weight excluding hydrogens is 890 g/mol. The number of carbonyl (C=O) groups is 4. The lowest BCUT2D eigenvalue weighted by Crippen LogP contribution is -2.58. The molecular formula is C44H47F3N8O8S2. The third kappa shape index (κ3) is 8.95. The molecule has 65 heavy (non-hydrogen) atoms. The number of likely N-dealkylation sites (tertiary alicyclic amines) is 1. The van der Waals surface area contributed by atoms with Crippen molar-refractivity contribution < 1.29 is 49.9 Å². The van der Waals surface area contributed by atoms with Crippen LogP contribution in [-0.4, -0.2) is 93.5 Å². The van der Waals surface area contributed by atoms with Crippen LogP contribution in [0.3, 0.4) is 0 Å². The summed E-state index contributed by atoms with van der Waals surface area (Å²) in [7, 11) is -3.98. The number of halogens is 3. The van der Waals surface area contributed by atoms with Crippen LogP contribution in [0.5, 0.6) is 5.88 Å². The summed E-state index contributed by atoms with van der Waals surface area (Å²) < 4.78 is 81.2. The Balaban J connectivity index is 1.05. The molecule has 4 fully saturated rings. The van der Waals surface area contributed by atoms with Crippen molar-refractivity contribution in [2.75, 3.05) is 11.9 Å². The molecule has 0 unspecified atom stereocenters. The quantitative estimate of drug-likeness (QED) is 0.111. The first-order chi connectivity index (χ1) is 30.7. The molecule has 4 amide bonds. The number of furan rings is 1. The minimum atomic E-state index is -4.57. The van der Waals surface area contributed by atoms with Gasteiger partial charge in [0.1, 0.15) is 40.7 Å². The highest BCUT2D eigenvalue weighted by molar-refractivity contribution is 7.91. The van der Waals surface area contributed by atoms with Crippen LogP contribution in [0.15, 0.2) is 52.8 Å². The number of allylic oxidation sites excluding steroid dienone is 1. The number of alkyl halides is 3. The molecule has 1 aromatic carbocycles. The Morgan fingerprint density at radius 1 is 1.06 bits per heavy atom.